The molecule has 5 nitrogen and oxygen atoms in total. The Morgan fingerprint density at radius 3 is 2.88 bits per heavy atom. The van der Waals surface area contributed by atoms with E-state index in [2.05, 4.69) is 15.7 Å². The van der Waals surface area contributed by atoms with E-state index in [0.29, 0.717) is 6.04 Å². The Morgan fingerprint density at radius 2 is 2.25 bits per heavy atom. The highest BCUT2D eigenvalue weighted by molar-refractivity contribution is 5.88. The zero-order valence-electron chi connectivity index (χ0n) is 9.27. The average Bonchev–Trinajstić information content (AvgIpc) is 2.67. The topological polar surface area (TPSA) is 59.0 Å². The minimum absolute atomic E-state index is 0. The summed E-state index contributed by atoms with van der Waals surface area (Å²) in [5.41, 5.74) is 0.779. The van der Waals surface area contributed by atoms with Crippen LogP contribution in [0.3, 0.4) is 0 Å². The lowest BCUT2D eigenvalue weighted by Gasteiger charge is -2.22. The summed E-state index contributed by atoms with van der Waals surface area (Å²) < 4.78 is 1.95. The highest BCUT2D eigenvalue weighted by Gasteiger charge is 2.15. The van der Waals surface area contributed by atoms with E-state index in [-0.39, 0.29) is 18.3 Å². The van der Waals surface area contributed by atoms with E-state index in [1.165, 1.54) is 6.92 Å². The number of rotatable bonds is 2. The van der Waals surface area contributed by atoms with Crippen molar-refractivity contribution in [3.05, 3.63) is 12.4 Å². The van der Waals surface area contributed by atoms with Crippen molar-refractivity contribution >= 4 is 24.0 Å². The zero-order valence-corrected chi connectivity index (χ0v) is 10.1. The molecule has 6 heteroatoms. The van der Waals surface area contributed by atoms with Crippen LogP contribution < -0.4 is 10.6 Å². The second-order valence-electron chi connectivity index (χ2n) is 3.87. The van der Waals surface area contributed by atoms with Gasteiger partial charge in [0.05, 0.1) is 17.9 Å². The first-order valence-corrected chi connectivity index (χ1v) is 5.28. The van der Waals surface area contributed by atoms with Crippen molar-refractivity contribution in [2.75, 3.05) is 18.4 Å². The lowest BCUT2D eigenvalue weighted by Crippen LogP contribution is -2.29. The van der Waals surface area contributed by atoms with Gasteiger partial charge in [-0.15, -0.1) is 12.4 Å². The normalized spacial score (nSPS) is 16.6. The van der Waals surface area contributed by atoms with Crippen molar-refractivity contribution in [3.8, 4) is 0 Å². The number of anilines is 1. The number of carbonyl (C=O) groups excluding carboxylic acids is 1. The molecule has 0 bridgehead atoms. The molecular formula is C10H17ClN4O. The number of amides is 1. The van der Waals surface area contributed by atoms with E-state index < -0.39 is 0 Å². The molecule has 1 fully saturated rings. The van der Waals surface area contributed by atoms with Crippen molar-refractivity contribution in [2.24, 2.45) is 0 Å². The molecule has 90 valence electrons. The van der Waals surface area contributed by atoms with Crippen LogP contribution in [-0.2, 0) is 4.79 Å². The first-order valence-electron chi connectivity index (χ1n) is 5.28. The molecule has 0 aliphatic carbocycles. The summed E-state index contributed by atoms with van der Waals surface area (Å²) in [6.45, 7) is 3.59. The van der Waals surface area contributed by atoms with Crippen molar-refractivity contribution in [1.82, 2.24) is 15.1 Å². The average molecular weight is 245 g/mol. The van der Waals surface area contributed by atoms with Gasteiger partial charge in [-0.05, 0) is 25.9 Å². The third kappa shape index (κ3) is 3.21. The maximum Gasteiger partial charge on any atom is 0.221 e. The van der Waals surface area contributed by atoms with Crippen LogP contribution >= 0.6 is 12.4 Å². The third-order valence-electron chi connectivity index (χ3n) is 2.60. The molecule has 16 heavy (non-hydrogen) atoms. The highest BCUT2D eigenvalue weighted by Crippen LogP contribution is 2.19. The summed E-state index contributed by atoms with van der Waals surface area (Å²) in [6, 6.07) is 0.466. The number of hydrogen-bond acceptors (Lipinski definition) is 3. The molecule has 1 aromatic rings. The van der Waals surface area contributed by atoms with Crippen LogP contribution in [0.15, 0.2) is 12.4 Å². The van der Waals surface area contributed by atoms with Gasteiger partial charge in [0.1, 0.15) is 0 Å². The van der Waals surface area contributed by atoms with Crippen molar-refractivity contribution in [1.29, 1.82) is 0 Å². The van der Waals surface area contributed by atoms with Crippen molar-refractivity contribution in [3.63, 3.8) is 0 Å². The second kappa shape index (κ2) is 5.86. The summed E-state index contributed by atoms with van der Waals surface area (Å²) in [4.78, 5) is 10.8. The standard InChI is InChI=1S/C10H16N4O.ClH/c1-8(15)13-9-6-12-14(7-9)10-2-4-11-5-3-10;/h6-7,10-11H,2-5H2,1H3,(H,13,15);1H. The number of nitrogens with zero attached hydrogens (tertiary/aromatic N) is 2. The largest absolute Gasteiger partial charge is 0.324 e. The molecule has 0 radical (unpaired) electrons. The fraction of sp³-hybridized carbons (Fsp3) is 0.600. The van der Waals surface area contributed by atoms with E-state index in [1.807, 2.05) is 10.9 Å². The Kier molecular flexibility index (Phi) is 4.76. The number of aromatic nitrogens is 2. The van der Waals surface area contributed by atoms with Crippen molar-refractivity contribution < 1.29 is 4.79 Å². The van der Waals surface area contributed by atoms with E-state index >= 15 is 0 Å². The van der Waals surface area contributed by atoms with Crippen LogP contribution in [0.25, 0.3) is 0 Å². The molecule has 0 spiro atoms. The molecule has 2 heterocycles. The van der Waals surface area contributed by atoms with Crippen molar-refractivity contribution in [2.45, 2.75) is 25.8 Å². The Hall–Kier alpha value is -1.07. The molecule has 2 rings (SSSR count). The fourth-order valence-electron chi connectivity index (χ4n) is 1.88. The molecule has 1 amide bonds. The molecule has 0 atom stereocenters. The second-order valence-corrected chi connectivity index (χ2v) is 3.87. The SMILES string of the molecule is CC(=O)Nc1cnn(C2CCNCC2)c1.Cl. The Bertz CT molecular complexity index is 346. The Balaban J connectivity index is 0.00000128. The van der Waals surface area contributed by atoms with Gasteiger partial charge in [-0.3, -0.25) is 9.48 Å². The number of hydrogen-bond donors (Lipinski definition) is 2. The minimum atomic E-state index is -0.0557. The van der Waals surface area contributed by atoms with Crippen LogP contribution in [0.4, 0.5) is 5.69 Å². The van der Waals surface area contributed by atoms with Gasteiger partial charge in [0.15, 0.2) is 0 Å². The maximum absolute atomic E-state index is 10.8. The van der Waals surface area contributed by atoms with Gasteiger partial charge in [-0.2, -0.15) is 5.10 Å². The van der Waals surface area contributed by atoms with E-state index in [4.69, 9.17) is 0 Å². The molecule has 1 aliphatic rings. The molecule has 1 aromatic heterocycles. The molecule has 2 N–H and O–H groups in total. The summed E-state index contributed by atoms with van der Waals surface area (Å²) >= 11 is 0. The van der Waals surface area contributed by atoms with Gasteiger partial charge in [0.25, 0.3) is 0 Å². The predicted octanol–water partition coefficient (Wildman–Crippen LogP) is 1.19. The third-order valence-corrected chi connectivity index (χ3v) is 2.60. The minimum Gasteiger partial charge on any atom is -0.324 e. The Morgan fingerprint density at radius 1 is 1.56 bits per heavy atom. The summed E-state index contributed by atoms with van der Waals surface area (Å²) in [5, 5.41) is 10.3. The van der Waals surface area contributed by atoms with Crippen LogP contribution in [-0.4, -0.2) is 28.8 Å². The number of nitrogens with one attached hydrogen (secondary N) is 2. The first-order chi connectivity index (χ1) is 7.25. The first kappa shape index (κ1) is 13.0. The summed E-state index contributed by atoms with van der Waals surface area (Å²) in [6.07, 6.45) is 5.79. The summed E-state index contributed by atoms with van der Waals surface area (Å²) in [7, 11) is 0. The molecule has 1 aliphatic heterocycles. The van der Waals surface area contributed by atoms with Crippen LogP contribution in [0, 0.1) is 0 Å². The van der Waals surface area contributed by atoms with Gasteiger partial charge in [-0.25, -0.2) is 0 Å². The smallest absolute Gasteiger partial charge is 0.221 e. The van der Waals surface area contributed by atoms with E-state index in [1.54, 1.807) is 6.20 Å². The molecule has 0 saturated carbocycles. The van der Waals surface area contributed by atoms with Gasteiger partial charge in [0.2, 0.25) is 5.91 Å². The van der Waals surface area contributed by atoms with Gasteiger partial charge in [0, 0.05) is 13.1 Å². The van der Waals surface area contributed by atoms with Gasteiger partial charge in [-0.1, -0.05) is 0 Å². The molecular weight excluding hydrogens is 228 g/mol. The predicted molar refractivity (Wildman–Crippen MR) is 64.9 cm³/mol. The lowest BCUT2D eigenvalue weighted by molar-refractivity contribution is -0.114. The highest BCUT2D eigenvalue weighted by atomic mass is 35.5. The maximum atomic E-state index is 10.8. The number of carbonyl (C=O) groups is 1. The van der Waals surface area contributed by atoms with Crippen LogP contribution in [0.5, 0.6) is 0 Å². The quantitative estimate of drug-likeness (QED) is 0.822. The van der Waals surface area contributed by atoms with Crippen LogP contribution in [0.1, 0.15) is 25.8 Å². The fourth-order valence-corrected chi connectivity index (χ4v) is 1.88. The van der Waals surface area contributed by atoms with E-state index in [9.17, 15) is 4.79 Å². The molecule has 1 saturated heterocycles. The number of halogens is 1. The van der Waals surface area contributed by atoms with Gasteiger partial charge < -0.3 is 10.6 Å². The molecule has 0 aromatic carbocycles. The lowest BCUT2D eigenvalue weighted by atomic mass is 10.1. The number of piperidine rings is 1. The molecule has 0 unspecified atom stereocenters. The van der Waals surface area contributed by atoms with E-state index in [0.717, 1.165) is 31.6 Å². The Labute approximate surface area is 101 Å². The van der Waals surface area contributed by atoms with Crippen LogP contribution in [0.2, 0.25) is 0 Å². The monoisotopic (exact) mass is 244 g/mol. The van der Waals surface area contributed by atoms with Gasteiger partial charge >= 0.3 is 0 Å². The summed E-state index contributed by atoms with van der Waals surface area (Å²) in [5.74, 6) is -0.0557. The zero-order chi connectivity index (χ0) is 10.7.